The summed E-state index contributed by atoms with van der Waals surface area (Å²) < 4.78 is 0. The fraction of sp³-hybridized carbons (Fsp3) is 0. The van der Waals surface area contributed by atoms with Crippen LogP contribution in [-0.2, 0) is 4.84 Å². The zero-order chi connectivity index (χ0) is 5.82. The van der Waals surface area contributed by atoms with Crippen molar-refractivity contribution in [1.29, 1.82) is 0 Å². The van der Waals surface area contributed by atoms with Crippen LogP contribution in [0.25, 0.3) is 0 Å². The Labute approximate surface area is 59.3 Å². The Bertz CT molecular complexity index is 160. The van der Waals surface area contributed by atoms with Gasteiger partial charge in [-0.25, -0.2) is 0 Å². The fourth-order valence-electron chi connectivity index (χ4n) is 0.356. The van der Waals surface area contributed by atoms with Crippen LogP contribution < -0.4 is 5.73 Å². The van der Waals surface area contributed by atoms with E-state index in [1.165, 1.54) is 6.26 Å². The molecule has 2 N–H and O–H groups in total. The first-order valence-corrected chi connectivity index (χ1v) is 2.22. The number of amidine groups is 1. The molecular weight excluding hydrogens is 140 g/mol. The van der Waals surface area contributed by atoms with Crippen molar-refractivity contribution in [2.45, 2.75) is 0 Å². The molecule has 3 nitrogen and oxygen atoms in total. The molecule has 0 amide bonds. The predicted octanol–water partition coefficient (Wildman–Crippen LogP) is 0.781. The minimum absolute atomic E-state index is 0. The summed E-state index contributed by atoms with van der Waals surface area (Å²) in [5.41, 5.74) is 5.23. The summed E-state index contributed by atoms with van der Waals surface area (Å²) in [6.45, 7) is 0. The third-order valence-electron chi connectivity index (χ3n) is 0.676. The first-order valence-electron chi connectivity index (χ1n) is 2.22. The highest BCUT2D eigenvalue weighted by molar-refractivity contribution is 5.91. The van der Waals surface area contributed by atoms with Crippen molar-refractivity contribution in [3.63, 3.8) is 0 Å². The van der Waals surface area contributed by atoms with Crippen LogP contribution in [0.3, 0.4) is 0 Å². The topological polar surface area (TPSA) is 47.6 Å². The van der Waals surface area contributed by atoms with Crippen molar-refractivity contribution in [3.8, 4) is 0 Å². The van der Waals surface area contributed by atoms with E-state index in [0.717, 1.165) is 0 Å². The molecule has 0 radical (unpaired) electrons. The maximum Gasteiger partial charge on any atom is 0.163 e. The summed E-state index contributed by atoms with van der Waals surface area (Å²) in [4.78, 5) is 4.53. The third kappa shape index (κ3) is 2.77. The molecule has 9 heavy (non-hydrogen) atoms. The molecule has 0 saturated heterocycles. The van der Waals surface area contributed by atoms with Crippen LogP contribution in [-0.4, -0.2) is 5.84 Å². The Morgan fingerprint density at radius 2 is 2.22 bits per heavy atom. The number of rotatable bonds is 0. The molecule has 0 aromatic heterocycles. The van der Waals surface area contributed by atoms with Gasteiger partial charge in [0.25, 0.3) is 0 Å². The van der Waals surface area contributed by atoms with Gasteiger partial charge in [0.2, 0.25) is 0 Å². The molecule has 0 spiro atoms. The van der Waals surface area contributed by atoms with Crippen LogP contribution >= 0.6 is 12.4 Å². The number of hydrogen-bond donors (Lipinski definition) is 1. The lowest BCUT2D eigenvalue weighted by Crippen LogP contribution is -2.06. The largest absolute Gasteiger partial charge is 0.381 e. The number of halogens is 1. The van der Waals surface area contributed by atoms with Gasteiger partial charge < -0.3 is 10.6 Å². The Balaban J connectivity index is 0.000000640. The average molecular weight is 147 g/mol. The van der Waals surface area contributed by atoms with Gasteiger partial charge in [-0.2, -0.15) is 0 Å². The second-order valence-corrected chi connectivity index (χ2v) is 1.31. The van der Waals surface area contributed by atoms with Gasteiger partial charge in [0.15, 0.2) is 5.84 Å². The quantitative estimate of drug-likeness (QED) is 0.549. The van der Waals surface area contributed by atoms with Gasteiger partial charge in [-0.3, -0.25) is 0 Å². The SMILES string of the molecule is Cl.NC1=NOC=CC=C1. The van der Waals surface area contributed by atoms with E-state index in [2.05, 4.69) is 9.99 Å². The molecule has 4 heteroatoms. The molecule has 1 aliphatic heterocycles. The molecule has 1 rings (SSSR count). The second kappa shape index (κ2) is 3.97. The maximum atomic E-state index is 5.23. The first-order chi connectivity index (χ1) is 3.89. The van der Waals surface area contributed by atoms with Crippen LogP contribution in [0, 0.1) is 0 Å². The Morgan fingerprint density at radius 1 is 1.44 bits per heavy atom. The van der Waals surface area contributed by atoms with E-state index < -0.39 is 0 Å². The van der Waals surface area contributed by atoms with Crippen LogP contribution in [0.2, 0.25) is 0 Å². The predicted molar refractivity (Wildman–Crippen MR) is 38.2 cm³/mol. The van der Waals surface area contributed by atoms with Gasteiger partial charge >= 0.3 is 0 Å². The monoisotopic (exact) mass is 146 g/mol. The van der Waals surface area contributed by atoms with Crippen molar-refractivity contribution in [2.75, 3.05) is 0 Å². The molecule has 0 atom stereocenters. The Kier molecular flexibility index (Phi) is 3.55. The zero-order valence-electron chi connectivity index (χ0n) is 4.65. The molecule has 0 aliphatic carbocycles. The van der Waals surface area contributed by atoms with Gasteiger partial charge in [0.05, 0.1) is 0 Å². The highest BCUT2D eigenvalue weighted by Crippen LogP contribution is 1.87. The van der Waals surface area contributed by atoms with E-state index in [4.69, 9.17) is 5.73 Å². The zero-order valence-corrected chi connectivity index (χ0v) is 5.47. The lowest BCUT2D eigenvalue weighted by molar-refractivity contribution is 0.269. The summed E-state index contributed by atoms with van der Waals surface area (Å²) in [5, 5.41) is 3.44. The summed E-state index contributed by atoms with van der Waals surface area (Å²) in [5.74, 6) is 0.384. The molecule has 0 unspecified atom stereocenters. The van der Waals surface area contributed by atoms with E-state index >= 15 is 0 Å². The van der Waals surface area contributed by atoms with E-state index in [1.807, 2.05) is 0 Å². The van der Waals surface area contributed by atoms with Crippen molar-refractivity contribution in [1.82, 2.24) is 0 Å². The third-order valence-corrected chi connectivity index (χ3v) is 0.676. The number of allylic oxidation sites excluding steroid dienone is 2. The van der Waals surface area contributed by atoms with E-state index in [-0.39, 0.29) is 12.4 Å². The highest BCUT2D eigenvalue weighted by atomic mass is 35.5. The van der Waals surface area contributed by atoms with Crippen LogP contribution in [0.1, 0.15) is 0 Å². The van der Waals surface area contributed by atoms with Crippen molar-refractivity contribution >= 4 is 18.2 Å². The second-order valence-electron chi connectivity index (χ2n) is 1.31. The summed E-state index contributed by atoms with van der Waals surface area (Å²) in [7, 11) is 0. The molecule has 0 aromatic carbocycles. The maximum absolute atomic E-state index is 5.23. The smallest absolute Gasteiger partial charge is 0.163 e. The molecule has 1 heterocycles. The van der Waals surface area contributed by atoms with Gasteiger partial charge in [-0.05, 0) is 12.2 Å². The number of nitrogens with two attached hydrogens (primary N) is 1. The molecule has 0 bridgehead atoms. The Morgan fingerprint density at radius 3 is 3.00 bits per heavy atom. The Hall–Kier alpha value is -0.960. The number of oxime groups is 1. The summed E-state index contributed by atoms with van der Waals surface area (Å²) in [6.07, 6.45) is 6.58. The average Bonchev–Trinajstić information content (AvgIpc) is 1.94. The first kappa shape index (κ1) is 8.04. The minimum atomic E-state index is 0. The van der Waals surface area contributed by atoms with Gasteiger partial charge in [-0.15, -0.1) is 12.4 Å². The molecule has 1 aliphatic rings. The lowest BCUT2D eigenvalue weighted by Gasteiger charge is -1.84. The van der Waals surface area contributed by atoms with E-state index in [9.17, 15) is 0 Å². The highest BCUT2D eigenvalue weighted by Gasteiger charge is 1.83. The number of hydrogen-bond acceptors (Lipinski definition) is 3. The van der Waals surface area contributed by atoms with Crippen molar-refractivity contribution in [3.05, 3.63) is 24.5 Å². The molecule has 0 saturated carbocycles. The fourth-order valence-corrected chi connectivity index (χ4v) is 0.356. The summed E-state index contributed by atoms with van der Waals surface area (Å²) in [6, 6.07) is 0. The van der Waals surface area contributed by atoms with E-state index in [0.29, 0.717) is 5.84 Å². The molecule has 0 aromatic rings. The van der Waals surface area contributed by atoms with Gasteiger partial charge in [0, 0.05) is 0 Å². The minimum Gasteiger partial charge on any atom is -0.381 e. The normalized spacial score (nSPS) is 14.9. The van der Waals surface area contributed by atoms with Crippen LogP contribution in [0.15, 0.2) is 29.6 Å². The lowest BCUT2D eigenvalue weighted by atomic mass is 10.5. The molecular formula is C5H7ClN2O. The molecule has 0 fully saturated rings. The molecule has 50 valence electrons. The van der Waals surface area contributed by atoms with Crippen LogP contribution in [0.4, 0.5) is 0 Å². The summed E-state index contributed by atoms with van der Waals surface area (Å²) >= 11 is 0. The van der Waals surface area contributed by atoms with E-state index in [1.54, 1.807) is 18.2 Å². The van der Waals surface area contributed by atoms with Gasteiger partial charge in [-0.1, -0.05) is 11.2 Å². The standard InChI is InChI=1S/C5H6N2O.ClH/c6-5-3-1-2-4-8-7-5;/h1-4H,(H2,6,7);1H. The van der Waals surface area contributed by atoms with Gasteiger partial charge in [0.1, 0.15) is 6.26 Å². The van der Waals surface area contributed by atoms with Crippen LogP contribution in [0.5, 0.6) is 0 Å². The van der Waals surface area contributed by atoms with Crippen molar-refractivity contribution < 1.29 is 4.84 Å². The number of nitrogens with zero attached hydrogens (tertiary/aromatic N) is 1. The van der Waals surface area contributed by atoms with Crippen molar-refractivity contribution in [2.24, 2.45) is 10.9 Å².